The first-order valence-corrected chi connectivity index (χ1v) is 7.51. The number of aromatic nitrogens is 3. The molecule has 7 nitrogen and oxygen atoms in total. The van der Waals surface area contributed by atoms with Crippen LogP contribution in [0.25, 0.3) is 5.65 Å². The summed E-state index contributed by atoms with van der Waals surface area (Å²) in [6.45, 7) is 6.21. The number of rotatable bonds is 4. The Balaban J connectivity index is 2.22. The maximum Gasteiger partial charge on any atom is 0.270 e. The van der Waals surface area contributed by atoms with Gasteiger partial charge in [-0.2, -0.15) is 9.61 Å². The molecule has 22 heavy (non-hydrogen) atoms. The van der Waals surface area contributed by atoms with Crippen molar-refractivity contribution in [3.8, 4) is 5.88 Å². The number of nitrogens with one attached hydrogen (secondary N) is 1. The van der Waals surface area contributed by atoms with Crippen LogP contribution in [0.3, 0.4) is 0 Å². The molecule has 1 fully saturated rings. The SMILES string of the molecule is Cc1cc2n(CC(C)C)c(=O)c(C(=O)NC3CC3)c(O)n2n1. The molecule has 0 spiro atoms. The predicted octanol–water partition coefficient (Wildman–Crippen LogP) is 1.06. The molecule has 1 saturated carbocycles. The van der Waals surface area contributed by atoms with Crippen LogP contribution in [0.5, 0.6) is 5.88 Å². The molecule has 0 radical (unpaired) electrons. The number of amides is 1. The van der Waals surface area contributed by atoms with E-state index in [0.717, 1.165) is 12.8 Å². The second-order valence-corrected chi connectivity index (χ2v) is 6.31. The average Bonchev–Trinajstić information content (AvgIpc) is 3.14. The molecule has 0 aliphatic heterocycles. The van der Waals surface area contributed by atoms with E-state index < -0.39 is 17.3 Å². The molecule has 3 rings (SSSR count). The highest BCUT2D eigenvalue weighted by atomic mass is 16.3. The minimum absolute atomic E-state index is 0.111. The van der Waals surface area contributed by atoms with E-state index in [4.69, 9.17) is 0 Å². The van der Waals surface area contributed by atoms with Crippen molar-refractivity contribution in [1.82, 2.24) is 19.5 Å². The van der Waals surface area contributed by atoms with E-state index >= 15 is 0 Å². The highest BCUT2D eigenvalue weighted by Gasteiger charge is 2.29. The molecular weight excluding hydrogens is 284 g/mol. The molecule has 1 aliphatic rings. The van der Waals surface area contributed by atoms with E-state index in [9.17, 15) is 14.7 Å². The molecule has 0 bridgehead atoms. The molecule has 2 aromatic rings. The van der Waals surface area contributed by atoms with Gasteiger partial charge in [0.2, 0.25) is 5.88 Å². The largest absolute Gasteiger partial charge is 0.492 e. The van der Waals surface area contributed by atoms with Gasteiger partial charge >= 0.3 is 0 Å². The van der Waals surface area contributed by atoms with E-state index in [0.29, 0.717) is 17.9 Å². The Bertz CT molecular complexity index is 799. The molecule has 2 N–H and O–H groups in total. The number of hydrogen-bond acceptors (Lipinski definition) is 4. The van der Waals surface area contributed by atoms with Gasteiger partial charge in [0.15, 0.2) is 5.56 Å². The smallest absolute Gasteiger partial charge is 0.270 e. The fraction of sp³-hybridized carbons (Fsp3) is 0.533. The molecule has 2 heterocycles. The summed E-state index contributed by atoms with van der Waals surface area (Å²) in [4.78, 5) is 25.0. The van der Waals surface area contributed by atoms with Crippen LogP contribution in [-0.2, 0) is 6.54 Å². The number of carbonyl (C=O) groups excluding carboxylic acids is 1. The Kier molecular flexibility index (Phi) is 3.42. The topological polar surface area (TPSA) is 88.6 Å². The van der Waals surface area contributed by atoms with Crippen LogP contribution in [0.15, 0.2) is 10.9 Å². The van der Waals surface area contributed by atoms with Gasteiger partial charge in [0.05, 0.1) is 5.69 Å². The molecule has 2 aromatic heterocycles. The fourth-order valence-electron chi connectivity index (χ4n) is 2.50. The summed E-state index contributed by atoms with van der Waals surface area (Å²) in [6.07, 6.45) is 1.83. The highest BCUT2D eigenvalue weighted by Crippen LogP contribution is 2.22. The first-order chi connectivity index (χ1) is 10.4. The Morgan fingerprint density at radius 1 is 1.50 bits per heavy atom. The number of hydrogen-bond donors (Lipinski definition) is 2. The van der Waals surface area contributed by atoms with Crippen LogP contribution in [0.2, 0.25) is 0 Å². The number of aromatic hydroxyl groups is 1. The standard InChI is InChI=1S/C15H20N4O3/c1-8(2)7-18-11-6-9(3)17-19(11)15(22)12(14(18)21)13(20)16-10-4-5-10/h6,8,10,22H,4-5,7H2,1-3H3,(H,16,20). The van der Waals surface area contributed by atoms with Gasteiger partial charge in [-0.25, -0.2) is 0 Å². The normalized spacial score (nSPS) is 14.7. The summed E-state index contributed by atoms with van der Waals surface area (Å²) in [6, 6.07) is 1.84. The maximum absolute atomic E-state index is 12.7. The molecular formula is C15H20N4O3. The fourth-order valence-corrected chi connectivity index (χ4v) is 2.50. The predicted molar refractivity (Wildman–Crippen MR) is 81.2 cm³/mol. The number of carbonyl (C=O) groups is 1. The van der Waals surface area contributed by atoms with Gasteiger partial charge in [-0.3, -0.25) is 14.2 Å². The van der Waals surface area contributed by atoms with Gasteiger partial charge in [-0.15, -0.1) is 0 Å². The third kappa shape index (κ3) is 2.47. The van der Waals surface area contributed by atoms with Gasteiger partial charge < -0.3 is 10.4 Å². The molecule has 0 saturated heterocycles. The molecule has 7 heteroatoms. The zero-order valence-electron chi connectivity index (χ0n) is 13.0. The van der Waals surface area contributed by atoms with Gasteiger partial charge in [0.1, 0.15) is 5.65 Å². The van der Waals surface area contributed by atoms with Gasteiger partial charge in [-0.1, -0.05) is 13.8 Å². The Morgan fingerprint density at radius 2 is 2.18 bits per heavy atom. The minimum Gasteiger partial charge on any atom is -0.492 e. The first kappa shape index (κ1) is 14.6. The average molecular weight is 304 g/mol. The summed E-state index contributed by atoms with van der Waals surface area (Å²) in [5, 5.41) is 17.3. The molecule has 0 atom stereocenters. The Morgan fingerprint density at radius 3 is 2.77 bits per heavy atom. The van der Waals surface area contributed by atoms with Gasteiger partial charge in [-0.05, 0) is 25.7 Å². The molecule has 0 unspecified atom stereocenters. The van der Waals surface area contributed by atoms with Crippen LogP contribution < -0.4 is 10.9 Å². The number of nitrogens with zero attached hydrogens (tertiary/aromatic N) is 3. The molecule has 1 aliphatic carbocycles. The quantitative estimate of drug-likeness (QED) is 0.884. The highest BCUT2D eigenvalue weighted by molar-refractivity contribution is 5.96. The summed E-state index contributed by atoms with van der Waals surface area (Å²) >= 11 is 0. The second kappa shape index (κ2) is 5.15. The monoisotopic (exact) mass is 304 g/mol. The summed E-state index contributed by atoms with van der Waals surface area (Å²) in [5.74, 6) is -0.704. The van der Waals surface area contributed by atoms with Crippen molar-refractivity contribution >= 4 is 11.6 Å². The van der Waals surface area contributed by atoms with Crippen molar-refractivity contribution in [2.24, 2.45) is 5.92 Å². The van der Waals surface area contributed by atoms with Crippen LogP contribution in [-0.4, -0.2) is 31.2 Å². The summed E-state index contributed by atoms with van der Waals surface area (Å²) in [5.41, 5.74) is 0.462. The third-order valence-corrected chi connectivity index (χ3v) is 3.66. The summed E-state index contributed by atoms with van der Waals surface area (Å²) < 4.78 is 2.77. The summed E-state index contributed by atoms with van der Waals surface area (Å²) in [7, 11) is 0. The Hall–Kier alpha value is -2.31. The molecule has 118 valence electrons. The molecule has 0 aromatic carbocycles. The van der Waals surface area contributed by atoms with Crippen molar-refractivity contribution in [3.63, 3.8) is 0 Å². The van der Waals surface area contributed by atoms with Crippen LogP contribution in [0, 0.1) is 12.8 Å². The lowest BCUT2D eigenvalue weighted by Crippen LogP contribution is -2.36. The third-order valence-electron chi connectivity index (χ3n) is 3.66. The zero-order valence-corrected chi connectivity index (χ0v) is 13.0. The van der Waals surface area contributed by atoms with E-state index in [-0.39, 0.29) is 17.5 Å². The van der Waals surface area contributed by atoms with Crippen LogP contribution >= 0.6 is 0 Å². The lowest BCUT2D eigenvalue weighted by molar-refractivity contribution is 0.0944. The van der Waals surface area contributed by atoms with E-state index in [2.05, 4.69) is 10.4 Å². The molecule has 1 amide bonds. The van der Waals surface area contributed by atoms with Crippen molar-refractivity contribution in [3.05, 3.63) is 27.7 Å². The minimum atomic E-state index is -0.530. The van der Waals surface area contributed by atoms with E-state index in [1.54, 1.807) is 13.0 Å². The second-order valence-electron chi connectivity index (χ2n) is 6.31. The van der Waals surface area contributed by atoms with Crippen molar-refractivity contribution in [2.45, 2.75) is 46.2 Å². The number of aryl methyl sites for hydroxylation is 1. The van der Waals surface area contributed by atoms with Crippen molar-refractivity contribution in [2.75, 3.05) is 0 Å². The lowest BCUT2D eigenvalue weighted by atomic mass is 10.2. The number of fused-ring (bicyclic) bond motifs is 1. The van der Waals surface area contributed by atoms with Crippen molar-refractivity contribution in [1.29, 1.82) is 0 Å². The van der Waals surface area contributed by atoms with Crippen LogP contribution in [0.1, 0.15) is 42.7 Å². The van der Waals surface area contributed by atoms with Gasteiger partial charge in [0.25, 0.3) is 11.5 Å². The van der Waals surface area contributed by atoms with Gasteiger partial charge in [0, 0.05) is 18.7 Å². The van der Waals surface area contributed by atoms with E-state index in [1.807, 2.05) is 13.8 Å². The first-order valence-electron chi connectivity index (χ1n) is 7.51. The van der Waals surface area contributed by atoms with Crippen LogP contribution in [0.4, 0.5) is 0 Å². The van der Waals surface area contributed by atoms with E-state index in [1.165, 1.54) is 9.08 Å². The Labute approximate surface area is 127 Å². The van der Waals surface area contributed by atoms with Crippen molar-refractivity contribution < 1.29 is 9.90 Å². The zero-order chi connectivity index (χ0) is 16.0. The maximum atomic E-state index is 12.7. The lowest BCUT2D eigenvalue weighted by Gasteiger charge is -2.14.